The van der Waals surface area contributed by atoms with Crippen LogP contribution in [0.2, 0.25) is 0 Å². The number of halogens is 1. The minimum atomic E-state index is -0.747. The van der Waals surface area contributed by atoms with Crippen LogP contribution in [0.5, 0.6) is 5.75 Å². The second-order valence-electron chi connectivity index (χ2n) is 6.54. The van der Waals surface area contributed by atoms with Crippen LogP contribution in [0.25, 0.3) is 0 Å². The summed E-state index contributed by atoms with van der Waals surface area (Å²) in [5.41, 5.74) is 0.351. The number of amides is 2. The standard InChI is InChI=1S/C22H27FN2O3/c1-3-4-14-24-22(27)17(2)25(15-18-10-8-9-13-20(18)23)21(26)16-28-19-11-6-5-7-12-19/h5-13,17H,3-4,14-16H2,1-2H3,(H,24,27). The fourth-order valence-electron chi connectivity index (χ4n) is 2.67. The van der Waals surface area contributed by atoms with E-state index in [-0.39, 0.29) is 25.0 Å². The lowest BCUT2D eigenvalue weighted by atomic mass is 10.1. The number of hydrogen-bond donors (Lipinski definition) is 1. The van der Waals surface area contributed by atoms with E-state index in [0.29, 0.717) is 17.9 Å². The van der Waals surface area contributed by atoms with Crippen LogP contribution >= 0.6 is 0 Å². The van der Waals surface area contributed by atoms with Crippen LogP contribution in [0.15, 0.2) is 54.6 Å². The fourth-order valence-corrected chi connectivity index (χ4v) is 2.67. The van der Waals surface area contributed by atoms with Gasteiger partial charge < -0.3 is 15.0 Å². The molecule has 1 atom stereocenters. The van der Waals surface area contributed by atoms with Crippen LogP contribution < -0.4 is 10.1 Å². The zero-order valence-electron chi connectivity index (χ0n) is 16.4. The minimum Gasteiger partial charge on any atom is -0.484 e. The monoisotopic (exact) mass is 386 g/mol. The van der Waals surface area contributed by atoms with Crippen LogP contribution in [0.4, 0.5) is 4.39 Å². The average molecular weight is 386 g/mol. The predicted molar refractivity (Wildman–Crippen MR) is 106 cm³/mol. The van der Waals surface area contributed by atoms with Crippen molar-refractivity contribution in [3.63, 3.8) is 0 Å². The molecule has 0 saturated heterocycles. The van der Waals surface area contributed by atoms with Crippen molar-refractivity contribution in [2.45, 2.75) is 39.3 Å². The van der Waals surface area contributed by atoms with Gasteiger partial charge in [0.05, 0.1) is 0 Å². The van der Waals surface area contributed by atoms with Crippen LogP contribution in [-0.2, 0) is 16.1 Å². The molecule has 150 valence electrons. The summed E-state index contributed by atoms with van der Waals surface area (Å²) < 4.78 is 19.6. The Morgan fingerprint density at radius 2 is 1.79 bits per heavy atom. The molecular formula is C22H27FN2O3. The summed E-state index contributed by atoms with van der Waals surface area (Å²) in [5, 5.41) is 2.83. The molecule has 0 fully saturated rings. The van der Waals surface area contributed by atoms with Crippen LogP contribution in [0.3, 0.4) is 0 Å². The Hall–Kier alpha value is -2.89. The number of carbonyl (C=O) groups excluding carboxylic acids is 2. The van der Waals surface area contributed by atoms with Crippen molar-refractivity contribution in [1.29, 1.82) is 0 Å². The van der Waals surface area contributed by atoms with Crippen molar-refractivity contribution in [3.8, 4) is 5.75 Å². The molecule has 5 nitrogen and oxygen atoms in total. The molecule has 0 aliphatic heterocycles. The third kappa shape index (κ3) is 6.37. The normalized spacial score (nSPS) is 11.5. The van der Waals surface area contributed by atoms with E-state index in [0.717, 1.165) is 12.8 Å². The molecule has 1 unspecified atom stereocenters. The molecule has 0 saturated carbocycles. The van der Waals surface area contributed by atoms with E-state index in [4.69, 9.17) is 4.74 Å². The summed E-state index contributed by atoms with van der Waals surface area (Å²) in [6.45, 7) is 3.98. The molecule has 6 heteroatoms. The number of rotatable bonds is 10. The SMILES string of the molecule is CCCCNC(=O)C(C)N(Cc1ccccc1F)C(=O)COc1ccccc1. The van der Waals surface area contributed by atoms with Gasteiger partial charge in [-0.1, -0.05) is 49.7 Å². The topological polar surface area (TPSA) is 58.6 Å². The quantitative estimate of drug-likeness (QED) is 0.636. The average Bonchev–Trinajstić information content (AvgIpc) is 2.71. The van der Waals surface area contributed by atoms with Crippen molar-refractivity contribution < 1.29 is 18.7 Å². The van der Waals surface area contributed by atoms with Gasteiger partial charge in [0.1, 0.15) is 17.6 Å². The summed E-state index contributed by atoms with van der Waals surface area (Å²) in [4.78, 5) is 26.6. The Bertz CT molecular complexity index is 767. The van der Waals surface area contributed by atoms with E-state index >= 15 is 0 Å². The molecule has 0 aromatic heterocycles. The number of nitrogens with one attached hydrogen (secondary N) is 1. The van der Waals surface area contributed by atoms with Gasteiger partial charge in [-0.25, -0.2) is 4.39 Å². The third-order valence-corrected chi connectivity index (χ3v) is 4.40. The van der Waals surface area contributed by atoms with Crippen molar-refractivity contribution in [2.75, 3.05) is 13.2 Å². The second-order valence-corrected chi connectivity index (χ2v) is 6.54. The number of benzene rings is 2. The van der Waals surface area contributed by atoms with Gasteiger partial charge in [-0.15, -0.1) is 0 Å². The first kappa shape index (κ1) is 21.4. The highest BCUT2D eigenvalue weighted by Gasteiger charge is 2.27. The molecular weight excluding hydrogens is 359 g/mol. The van der Waals surface area contributed by atoms with Crippen LogP contribution in [0.1, 0.15) is 32.3 Å². The molecule has 2 aromatic rings. The van der Waals surface area contributed by atoms with Gasteiger partial charge in [0.25, 0.3) is 5.91 Å². The van der Waals surface area contributed by atoms with Crippen molar-refractivity contribution >= 4 is 11.8 Å². The van der Waals surface area contributed by atoms with E-state index in [2.05, 4.69) is 5.32 Å². The summed E-state index contributed by atoms with van der Waals surface area (Å²) in [5.74, 6) is -0.507. The van der Waals surface area contributed by atoms with E-state index in [9.17, 15) is 14.0 Å². The Balaban J connectivity index is 2.11. The van der Waals surface area contributed by atoms with E-state index in [1.165, 1.54) is 11.0 Å². The summed E-state index contributed by atoms with van der Waals surface area (Å²) in [6, 6.07) is 14.4. The molecule has 2 aromatic carbocycles. The molecule has 2 rings (SSSR count). The highest BCUT2D eigenvalue weighted by molar-refractivity contribution is 5.87. The molecule has 0 heterocycles. The lowest BCUT2D eigenvalue weighted by Gasteiger charge is -2.29. The number of para-hydroxylation sites is 1. The molecule has 0 aliphatic rings. The van der Waals surface area contributed by atoms with Gasteiger partial charge in [-0.2, -0.15) is 0 Å². The first-order chi connectivity index (χ1) is 13.5. The van der Waals surface area contributed by atoms with Gasteiger partial charge in [0, 0.05) is 18.7 Å². The number of carbonyl (C=O) groups is 2. The number of ether oxygens (including phenoxy) is 1. The maximum atomic E-state index is 14.1. The van der Waals surface area contributed by atoms with E-state index < -0.39 is 11.9 Å². The maximum Gasteiger partial charge on any atom is 0.261 e. The molecule has 0 bridgehead atoms. The molecule has 0 aliphatic carbocycles. The van der Waals surface area contributed by atoms with E-state index in [1.54, 1.807) is 49.4 Å². The highest BCUT2D eigenvalue weighted by atomic mass is 19.1. The molecule has 1 N–H and O–H groups in total. The second kappa shape index (κ2) is 11.1. The van der Waals surface area contributed by atoms with Gasteiger partial charge >= 0.3 is 0 Å². The zero-order chi connectivity index (χ0) is 20.4. The lowest BCUT2D eigenvalue weighted by molar-refractivity contribution is -0.142. The fraction of sp³-hybridized carbons (Fsp3) is 0.364. The molecule has 28 heavy (non-hydrogen) atoms. The van der Waals surface area contributed by atoms with Gasteiger partial charge in [0.15, 0.2) is 6.61 Å². The summed E-state index contributed by atoms with van der Waals surface area (Å²) >= 11 is 0. The summed E-state index contributed by atoms with van der Waals surface area (Å²) in [6.07, 6.45) is 1.81. The van der Waals surface area contributed by atoms with Crippen LogP contribution in [-0.4, -0.2) is 35.9 Å². The van der Waals surface area contributed by atoms with Gasteiger partial charge in [0.2, 0.25) is 5.91 Å². The summed E-state index contributed by atoms with van der Waals surface area (Å²) in [7, 11) is 0. The Kier molecular flexibility index (Phi) is 8.46. The first-order valence-corrected chi connectivity index (χ1v) is 9.51. The first-order valence-electron chi connectivity index (χ1n) is 9.51. The number of nitrogens with zero attached hydrogens (tertiary/aromatic N) is 1. The third-order valence-electron chi connectivity index (χ3n) is 4.40. The predicted octanol–water partition coefficient (Wildman–Crippen LogP) is 3.54. The van der Waals surface area contributed by atoms with Crippen molar-refractivity contribution in [1.82, 2.24) is 10.2 Å². The largest absolute Gasteiger partial charge is 0.484 e. The maximum absolute atomic E-state index is 14.1. The van der Waals surface area contributed by atoms with Crippen molar-refractivity contribution in [3.05, 3.63) is 66.0 Å². The highest BCUT2D eigenvalue weighted by Crippen LogP contribution is 2.14. The molecule has 0 spiro atoms. The lowest BCUT2D eigenvalue weighted by Crippen LogP contribution is -2.49. The minimum absolute atomic E-state index is 0.00792. The Labute approximate surface area is 165 Å². The Morgan fingerprint density at radius 1 is 1.11 bits per heavy atom. The smallest absolute Gasteiger partial charge is 0.261 e. The molecule has 2 amide bonds. The number of hydrogen-bond acceptors (Lipinski definition) is 3. The van der Waals surface area contributed by atoms with Crippen molar-refractivity contribution in [2.24, 2.45) is 0 Å². The Morgan fingerprint density at radius 3 is 2.46 bits per heavy atom. The van der Waals surface area contributed by atoms with Crippen LogP contribution in [0, 0.1) is 5.82 Å². The van der Waals surface area contributed by atoms with E-state index in [1.807, 2.05) is 13.0 Å². The number of unbranched alkanes of at least 4 members (excludes halogenated alkanes) is 1. The van der Waals surface area contributed by atoms with Gasteiger partial charge in [-0.05, 0) is 31.5 Å². The van der Waals surface area contributed by atoms with Gasteiger partial charge in [-0.3, -0.25) is 9.59 Å². The molecule has 0 radical (unpaired) electrons. The zero-order valence-corrected chi connectivity index (χ0v) is 16.4.